The molecule has 3 heterocycles. The van der Waals surface area contributed by atoms with E-state index >= 15 is 0 Å². The normalized spacial score (nSPS) is 11.1. The van der Waals surface area contributed by atoms with E-state index in [0.717, 1.165) is 5.56 Å². The molecular weight excluding hydrogens is 222 g/mol. The number of aromatic nitrogens is 6. The van der Waals surface area contributed by atoms with E-state index in [0.29, 0.717) is 17.3 Å². The van der Waals surface area contributed by atoms with Crippen molar-refractivity contribution in [3.05, 3.63) is 34.4 Å². The highest BCUT2D eigenvalue weighted by atomic mass is 16.2. The number of hydrogen-bond donors (Lipinski definition) is 2. The van der Waals surface area contributed by atoms with E-state index in [-0.39, 0.29) is 0 Å². The van der Waals surface area contributed by atoms with Crippen LogP contribution in [0.15, 0.2) is 23.1 Å². The molecule has 8 nitrogen and oxygen atoms in total. The van der Waals surface area contributed by atoms with Gasteiger partial charge in [0, 0.05) is 11.8 Å². The summed E-state index contributed by atoms with van der Waals surface area (Å²) >= 11 is 0. The molecule has 0 bridgehead atoms. The molecule has 3 aromatic heterocycles. The average molecular weight is 231 g/mol. The number of rotatable bonds is 1. The van der Waals surface area contributed by atoms with Crippen LogP contribution >= 0.6 is 0 Å². The Bertz CT molecular complexity index is 731. The molecule has 3 rings (SSSR count). The molecule has 3 N–H and O–H groups in total. The van der Waals surface area contributed by atoms with Crippen molar-refractivity contribution in [1.29, 1.82) is 0 Å². The Hall–Kier alpha value is -2.64. The zero-order chi connectivity index (χ0) is 12.0. The summed E-state index contributed by atoms with van der Waals surface area (Å²) in [6, 6.07) is 3.38. The number of H-pyrrole nitrogens is 1. The van der Waals surface area contributed by atoms with Gasteiger partial charge in [-0.2, -0.15) is 9.61 Å². The number of fused-ring (bicyclic) bond motifs is 1. The molecule has 17 heavy (non-hydrogen) atoms. The Morgan fingerprint density at radius 2 is 2.18 bits per heavy atom. The molecule has 0 radical (unpaired) electrons. The smallest absolute Gasteiger partial charge is 0.364 e. The van der Waals surface area contributed by atoms with E-state index in [9.17, 15) is 4.79 Å². The molecule has 0 saturated carbocycles. The summed E-state index contributed by atoms with van der Waals surface area (Å²) in [7, 11) is 0. The second kappa shape index (κ2) is 3.17. The highest BCUT2D eigenvalue weighted by Gasteiger charge is 2.07. The van der Waals surface area contributed by atoms with Gasteiger partial charge in [-0.25, -0.2) is 14.6 Å². The highest BCUT2D eigenvalue weighted by molar-refractivity contribution is 5.41. The van der Waals surface area contributed by atoms with Crippen LogP contribution in [-0.2, 0) is 0 Å². The first-order valence-electron chi connectivity index (χ1n) is 4.92. The number of aromatic amines is 1. The summed E-state index contributed by atoms with van der Waals surface area (Å²) in [5.74, 6) is 0.937. The molecule has 3 aromatic rings. The molecule has 0 fully saturated rings. The van der Waals surface area contributed by atoms with Crippen LogP contribution < -0.4 is 11.4 Å². The van der Waals surface area contributed by atoms with Crippen molar-refractivity contribution in [1.82, 2.24) is 29.6 Å². The summed E-state index contributed by atoms with van der Waals surface area (Å²) in [5.41, 5.74) is 6.57. The molecule has 0 unspecified atom stereocenters. The van der Waals surface area contributed by atoms with Gasteiger partial charge in [-0.15, -0.1) is 10.2 Å². The molecule has 0 aliphatic rings. The standard InChI is InChI=1S/C9H9N7O/c1-5-4-15(14-8(5)10)7-3-2-6-11-12-9(17)16(6)13-7/h2-4H,1H3,(H2,10,14)(H,12,17). The molecule has 0 spiro atoms. The average Bonchev–Trinajstić information content (AvgIpc) is 2.84. The number of aryl methyl sites for hydroxylation is 1. The van der Waals surface area contributed by atoms with E-state index in [4.69, 9.17) is 5.73 Å². The summed E-state index contributed by atoms with van der Waals surface area (Å²) in [6.45, 7) is 1.85. The van der Waals surface area contributed by atoms with Crippen LogP contribution in [0.1, 0.15) is 5.56 Å². The summed E-state index contributed by atoms with van der Waals surface area (Å²) in [6.07, 6.45) is 1.74. The van der Waals surface area contributed by atoms with E-state index in [1.165, 1.54) is 9.20 Å². The Morgan fingerprint density at radius 3 is 2.88 bits per heavy atom. The number of nitrogens with one attached hydrogen (secondary N) is 1. The van der Waals surface area contributed by atoms with Crippen molar-refractivity contribution >= 4 is 11.5 Å². The number of nitrogen functional groups attached to an aromatic ring is 1. The van der Waals surface area contributed by atoms with Gasteiger partial charge in [0.15, 0.2) is 11.5 Å². The molecule has 8 heteroatoms. The molecule has 0 saturated heterocycles. The van der Waals surface area contributed by atoms with Crippen LogP contribution in [-0.4, -0.2) is 29.6 Å². The Labute approximate surface area is 94.7 Å². The maximum atomic E-state index is 11.4. The first-order valence-corrected chi connectivity index (χ1v) is 4.92. The van der Waals surface area contributed by atoms with Crippen LogP contribution in [0.5, 0.6) is 0 Å². The Morgan fingerprint density at radius 1 is 1.35 bits per heavy atom. The van der Waals surface area contributed by atoms with E-state index in [1.54, 1.807) is 18.3 Å². The molecule has 0 amide bonds. The van der Waals surface area contributed by atoms with Gasteiger partial charge < -0.3 is 5.73 Å². The summed E-state index contributed by atoms with van der Waals surface area (Å²) < 4.78 is 2.69. The highest BCUT2D eigenvalue weighted by Crippen LogP contribution is 2.10. The van der Waals surface area contributed by atoms with E-state index in [2.05, 4.69) is 20.4 Å². The monoisotopic (exact) mass is 231 g/mol. The second-order valence-corrected chi connectivity index (χ2v) is 3.63. The van der Waals surface area contributed by atoms with Crippen molar-refractivity contribution in [3.8, 4) is 5.82 Å². The maximum absolute atomic E-state index is 11.4. The van der Waals surface area contributed by atoms with Crippen molar-refractivity contribution < 1.29 is 0 Å². The molecule has 86 valence electrons. The fourth-order valence-corrected chi connectivity index (χ4v) is 1.51. The quantitative estimate of drug-likeness (QED) is 0.586. The van der Waals surface area contributed by atoms with Crippen LogP contribution in [0, 0.1) is 6.92 Å². The maximum Gasteiger partial charge on any atom is 0.364 e. The molecule has 0 aromatic carbocycles. The van der Waals surface area contributed by atoms with Gasteiger partial charge in [0.2, 0.25) is 0 Å². The predicted molar refractivity (Wildman–Crippen MR) is 59.9 cm³/mol. The van der Waals surface area contributed by atoms with Crippen molar-refractivity contribution in [3.63, 3.8) is 0 Å². The zero-order valence-electron chi connectivity index (χ0n) is 8.95. The third-order valence-electron chi connectivity index (χ3n) is 2.43. The summed E-state index contributed by atoms with van der Waals surface area (Å²) in [4.78, 5) is 11.4. The first-order chi connectivity index (χ1) is 8.15. The minimum absolute atomic E-state index is 0.390. The van der Waals surface area contributed by atoms with Crippen LogP contribution in [0.2, 0.25) is 0 Å². The van der Waals surface area contributed by atoms with Gasteiger partial charge in [-0.3, -0.25) is 0 Å². The van der Waals surface area contributed by atoms with Crippen LogP contribution in [0.4, 0.5) is 5.82 Å². The Balaban J connectivity index is 2.23. The predicted octanol–water partition coefficient (Wildman–Crippen LogP) is -0.506. The third-order valence-corrected chi connectivity index (χ3v) is 2.43. The topological polar surface area (TPSA) is 107 Å². The first kappa shape index (κ1) is 9.58. The minimum Gasteiger partial charge on any atom is -0.382 e. The van der Waals surface area contributed by atoms with E-state index < -0.39 is 5.69 Å². The zero-order valence-corrected chi connectivity index (χ0v) is 8.95. The van der Waals surface area contributed by atoms with E-state index in [1.807, 2.05) is 6.92 Å². The van der Waals surface area contributed by atoms with Crippen molar-refractivity contribution in [2.24, 2.45) is 0 Å². The fourth-order valence-electron chi connectivity index (χ4n) is 1.51. The lowest BCUT2D eigenvalue weighted by Crippen LogP contribution is -2.14. The summed E-state index contributed by atoms with van der Waals surface area (Å²) in [5, 5.41) is 14.3. The lowest BCUT2D eigenvalue weighted by molar-refractivity contribution is 0.780. The van der Waals surface area contributed by atoms with Gasteiger partial charge >= 0.3 is 5.69 Å². The van der Waals surface area contributed by atoms with Crippen LogP contribution in [0.3, 0.4) is 0 Å². The molecule has 0 aliphatic carbocycles. The fraction of sp³-hybridized carbons (Fsp3) is 0.111. The van der Waals surface area contributed by atoms with Gasteiger partial charge in [0.1, 0.15) is 5.82 Å². The van der Waals surface area contributed by atoms with Gasteiger partial charge in [0.25, 0.3) is 0 Å². The Kier molecular flexibility index (Phi) is 1.79. The van der Waals surface area contributed by atoms with Gasteiger partial charge in [-0.05, 0) is 19.1 Å². The minimum atomic E-state index is -0.390. The molecule has 0 aliphatic heterocycles. The number of nitrogens with two attached hydrogens (primary N) is 1. The number of nitrogens with zero attached hydrogens (tertiary/aromatic N) is 5. The van der Waals surface area contributed by atoms with Crippen LogP contribution in [0.25, 0.3) is 11.5 Å². The largest absolute Gasteiger partial charge is 0.382 e. The van der Waals surface area contributed by atoms with Crippen molar-refractivity contribution in [2.75, 3.05) is 5.73 Å². The van der Waals surface area contributed by atoms with Gasteiger partial charge in [-0.1, -0.05) is 0 Å². The number of hydrogen-bond acceptors (Lipinski definition) is 5. The lowest BCUT2D eigenvalue weighted by Gasteiger charge is -1.98. The van der Waals surface area contributed by atoms with Gasteiger partial charge in [0.05, 0.1) is 0 Å². The number of anilines is 1. The third kappa shape index (κ3) is 1.38. The van der Waals surface area contributed by atoms with Crippen molar-refractivity contribution in [2.45, 2.75) is 6.92 Å². The SMILES string of the molecule is Cc1cn(-c2ccc3n[nH]c(=O)n3n2)nc1N. The second-order valence-electron chi connectivity index (χ2n) is 3.63. The lowest BCUT2D eigenvalue weighted by atomic mass is 10.4. The molecular formula is C9H9N7O. The molecule has 0 atom stereocenters.